The van der Waals surface area contributed by atoms with Gasteiger partial charge in [-0.25, -0.2) is 4.68 Å². The maximum atomic E-state index is 12.2. The molecule has 3 N–H and O–H groups in total. The van der Waals surface area contributed by atoms with Crippen molar-refractivity contribution in [1.29, 1.82) is 0 Å². The van der Waals surface area contributed by atoms with Gasteiger partial charge in [0.05, 0.1) is 22.1 Å². The fourth-order valence-corrected chi connectivity index (χ4v) is 3.66. The van der Waals surface area contributed by atoms with E-state index in [1.165, 1.54) is 0 Å². The zero-order chi connectivity index (χ0) is 21.0. The van der Waals surface area contributed by atoms with Gasteiger partial charge in [0.25, 0.3) is 5.91 Å². The average Bonchev–Trinajstić information content (AvgIpc) is 2.99. The lowest BCUT2D eigenvalue weighted by molar-refractivity contribution is 0.0956. The first-order valence-electron chi connectivity index (χ1n) is 9.37. The van der Waals surface area contributed by atoms with Gasteiger partial charge in [-0.05, 0) is 56.0 Å². The van der Waals surface area contributed by atoms with E-state index in [4.69, 9.17) is 17.3 Å². The monoisotopic (exact) mass is 428 g/mol. The first-order chi connectivity index (χ1) is 13.9. The molecule has 0 unspecified atom stereocenters. The Morgan fingerprint density at radius 2 is 1.93 bits per heavy atom. The Morgan fingerprint density at radius 1 is 1.21 bits per heavy atom. The van der Waals surface area contributed by atoms with E-state index in [1.807, 2.05) is 61.2 Å². The number of aromatic nitrogens is 2. The van der Waals surface area contributed by atoms with E-state index in [1.54, 1.807) is 17.8 Å². The molecule has 29 heavy (non-hydrogen) atoms. The quantitative estimate of drug-likeness (QED) is 0.432. The van der Waals surface area contributed by atoms with Gasteiger partial charge in [0, 0.05) is 35.5 Å². The van der Waals surface area contributed by atoms with E-state index in [9.17, 15) is 4.79 Å². The van der Waals surface area contributed by atoms with E-state index in [2.05, 4.69) is 10.4 Å². The second-order valence-electron chi connectivity index (χ2n) is 6.89. The molecular weight excluding hydrogens is 404 g/mol. The lowest BCUT2D eigenvalue weighted by atomic mass is 10.0. The Labute approximate surface area is 180 Å². The van der Waals surface area contributed by atoms with Crippen molar-refractivity contribution in [2.75, 3.05) is 24.3 Å². The zero-order valence-electron chi connectivity index (χ0n) is 16.8. The van der Waals surface area contributed by atoms with Crippen molar-refractivity contribution in [2.45, 2.75) is 20.3 Å². The lowest BCUT2D eigenvalue weighted by Crippen LogP contribution is -2.25. The van der Waals surface area contributed by atoms with Crippen LogP contribution in [0.25, 0.3) is 5.69 Å². The number of nitrogens with zero attached hydrogens (tertiary/aromatic N) is 2. The molecule has 1 heterocycles. The standard InChI is InChI=1S/C22H25ClN4OS/c1-14-19(15(2)27(26-14)18-8-9-21(24)20(23)13-18)12-16-4-6-17(7-5-16)22(28)25-10-11-29-3/h4-9,13H,10-12,24H2,1-3H3,(H,25,28). The molecule has 0 spiro atoms. The van der Waals surface area contributed by atoms with E-state index < -0.39 is 0 Å². The molecule has 0 aliphatic carbocycles. The van der Waals surface area contributed by atoms with Gasteiger partial charge in [-0.3, -0.25) is 4.79 Å². The zero-order valence-corrected chi connectivity index (χ0v) is 18.4. The number of hydrogen-bond donors (Lipinski definition) is 2. The molecule has 0 bridgehead atoms. The highest BCUT2D eigenvalue weighted by Gasteiger charge is 2.14. The summed E-state index contributed by atoms with van der Waals surface area (Å²) in [5.74, 6) is 0.872. The molecule has 0 fully saturated rings. The van der Waals surface area contributed by atoms with Crippen LogP contribution in [-0.4, -0.2) is 34.2 Å². The first kappa shape index (κ1) is 21.3. The Kier molecular flexibility index (Phi) is 6.87. The number of carbonyl (C=O) groups excluding carboxylic acids is 1. The summed E-state index contributed by atoms with van der Waals surface area (Å²) >= 11 is 7.88. The Balaban J connectivity index is 1.77. The van der Waals surface area contributed by atoms with E-state index in [0.29, 0.717) is 22.8 Å². The summed E-state index contributed by atoms with van der Waals surface area (Å²) in [6.07, 6.45) is 2.77. The number of rotatable bonds is 7. The Morgan fingerprint density at radius 3 is 2.59 bits per heavy atom. The summed E-state index contributed by atoms with van der Waals surface area (Å²) in [6, 6.07) is 13.3. The number of nitrogens with one attached hydrogen (secondary N) is 1. The largest absolute Gasteiger partial charge is 0.398 e. The van der Waals surface area contributed by atoms with Gasteiger partial charge in [-0.2, -0.15) is 16.9 Å². The van der Waals surface area contributed by atoms with Crippen LogP contribution < -0.4 is 11.1 Å². The van der Waals surface area contributed by atoms with Gasteiger partial charge in [-0.15, -0.1) is 0 Å². The number of aryl methyl sites for hydroxylation is 1. The highest BCUT2D eigenvalue weighted by Crippen LogP contribution is 2.25. The minimum absolute atomic E-state index is 0.0361. The summed E-state index contributed by atoms with van der Waals surface area (Å²) in [4.78, 5) is 12.2. The van der Waals surface area contributed by atoms with Crippen LogP contribution in [0.2, 0.25) is 5.02 Å². The summed E-state index contributed by atoms with van der Waals surface area (Å²) in [6.45, 7) is 4.73. The van der Waals surface area contributed by atoms with E-state index in [-0.39, 0.29) is 5.91 Å². The average molecular weight is 429 g/mol. The van der Waals surface area contributed by atoms with Crippen LogP contribution in [0, 0.1) is 13.8 Å². The molecule has 0 radical (unpaired) electrons. The number of nitrogen functional groups attached to an aromatic ring is 1. The fourth-order valence-electron chi connectivity index (χ4n) is 3.18. The van der Waals surface area contributed by atoms with Crippen molar-refractivity contribution in [3.8, 4) is 5.69 Å². The topological polar surface area (TPSA) is 72.9 Å². The van der Waals surface area contributed by atoms with Crippen LogP contribution in [0.5, 0.6) is 0 Å². The number of thioether (sulfide) groups is 1. The summed E-state index contributed by atoms with van der Waals surface area (Å²) < 4.78 is 1.89. The molecule has 3 rings (SSSR count). The van der Waals surface area contributed by atoms with Crippen LogP contribution in [0.1, 0.15) is 32.9 Å². The molecule has 0 atom stereocenters. The van der Waals surface area contributed by atoms with E-state index in [0.717, 1.165) is 40.4 Å². The third-order valence-corrected chi connectivity index (χ3v) is 5.80. The highest BCUT2D eigenvalue weighted by atomic mass is 35.5. The number of benzene rings is 2. The number of carbonyl (C=O) groups is 1. The van der Waals surface area contributed by atoms with Gasteiger partial charge in [-0.1, -0.05) is 23.7 Å². The number of nitrogens with two attached hydrogens (primary N) is 1. The van der Waals surface area contributed by atoms with Gasteiger partial charge in [0.2, 0.25) is 0 Å². The summed E-state index contributed by atoms with van der Waals surface area (Å²) in [5, 5.41) is 8.13. The van der Waals surface area contributed by atoms with Crippen LogP contribution >= 0.6 is 23.4 Å². The fraction of sp³-hybridized carbons (Fsp3) is 0.273. The second kappa shape index (κ2) is 9.37. The number of anilines is 1. The van der Waals surface area contributed by atoms with E-state index >= 15 is 0 Å². The third-order valence-electron chi connectivity index (χ3n) is 4.86. The van der Waals surface area contributed by atoms with Crippen molar-refractivity contribution in [1.82, 2.24) is 15.1 Å². The van der Waals surface area contributed by atoms with Gasteiger partial charge >= 0.3 is 0 Å². The van der Waals surface area contributed by atoms with Crippen molar-refractivity contribution in [2.24, 2.45) is 0 Å². The molecule has 0 aliphatic rings. The molecule has 3 aromatic rings. The minimum atomic E-state index is -0.0361. The second-order valence-corrected chi connectivity index (χ2v) is 8.28. The minimum Gasteiger partial charge on any atom is -0.398 e. The first-order valence-corrected chi connectivity index (χ1v) is 11.1. The maximum Gasteiger partial charge on any atom is 0.251 e. The maximum absolute atomic E-state index is 12.2. The normalized spacial score (nSPS) is 10.9. The number of amides is 1. The molecule has 0 saturated carbocycles. The van der Waals surface area contributed by atoms with Gasteiger partial charge in [0.15, 0.2) is 0 Å². The number of halogens is 1. The molecule has 2 aromatic carbocycles. The summed E-state index contributed by atoms with van der Waals surface area (Å²) in [5.41, 5.74) is 12.2. The van der Waals surface area contributed by atoms with Crippen molar-refractivity contribution < 1.29 is 4.79 Å². The molecule has 7 heteroatoms. The summed E-state index contributed by atoms with van der Waals surface area (Å²) in [7, 11) is 0. The predicted octanol–water partition coefficient (Wildman–Crippen LogP) is 4.41. The van der Waals surface area contributed by atoms with Crippen LogP contribution in [-0.2, 0) is 6.42 Å². The molecule has 0 aliphatic heterocycles. The molecule has 1 aromatic heterocycles. The molecule has 152 valence electrons. The third kappa shape index (κ3) is 4.95. The van der Waals surface area contributed by atoms with Gasteiger partial charge < -0.3 is 11.1 Å². The van der Waals surface area contributed by atoms with Crippen LogP contribution in [0.3, 0.4) is 0 Å². The van der Waals surface area contributed by atoms with Crippen molar-refractivity contribution in [3.05, 3.63) is 75.6 Å². The smallest absolute Gasteiger partial charge is 0.251 e. The molecule has 1 amide bonds. The highest BCUT2D eigenvalue weighted by molar-refractivity contribution is 7.98. The number of hydrogen-bond acceptors (Lipinski definition) is 4. The van der Waals surface area contributed by atoms with Crippen LogP contribution in [0.15, 0.2) is 42.5 Å². The lowest BCUT2D eigenvalue weighted by Gasteiger charge is -2.08. The van der Waals surface area contributed by atoms with Crippen LogP contribution in [0.4, 0.5) is 5.69 Å². The predicted molar refractivity (Wildman–Crippen MR) is 122 cm³/mol. The SMILES string of the molecule is CSCCNC(=O)c1ccc(Cc2c(C)nn(-c3ccc(N)c(Cl)c3)c2C)cc1. The van der Waals surface area contributed by atoms with Crippen molar-refractivity contribution in [3.63, 3.8) is 0 Å². The van der Waals surface area contributed by atoms with Crippen molar-refractivity contribution >= 4 is 35.0 Å². The molecule has 5 nitrogen and oxygen atoms in total. The molecular formula is C22H25ClN4OS. The van der Waals surface area contributed by atoms with Gasteiger partial charge in [0.1, 0.15) is 0 Å². The molecule has 0 saturated heterocycles. The Bertz CT molecular complexity index is 1010. The Hall–Kier alpha value is -2.44.